The molecule has 0 fully saturated rings. The van der Waals surface area contributed by atoms with E-state index in [2.05, 4.69) is 4.99 Å². The van der Waals surface area contributed by atoms with Crippen molar-refractivity contribution < 1.29 is 14.3 Å². The van der Waals surface area contributed by atoms with Gasteiger partial charge in [-0.3, -0.25) is 14.6 Å². The molecule has 0 aromatic carbocycles. The third kappa shape index (κ3) is 4.74. The summed E-state index contributed by atoms with van der Waals surface area (Å²) in [5.41, 5.74) is 0.564. The van der Waals surface area contributed by atoms with E-state index >= 15 is 0 Å². The smallest absolute Gasteiger partial charge is 0.303 e. The van der Waals surface area contributed by atoms with Crippen LogP contribution >= 0.6 is 0 Å². The average Bonchev–Trinajstić information content (AvgIpc) is 2.09. The van der Waals surface area contributed by atoms with Crippen molar-refractivity contribution in [2.75, 3.05) is 6.54 Å². The molecule has 80 valence electrons. The van der Waals surface area contributed by atoms with Crippen LogP contribution in [-0.2, 0) is 14.3 Å². The standard InChI is InChI=1S/C10H17NO3/c1-5-6-11-7(2)10(8(3)12)14-9(4)13/h10H,5-6H2,1-4H3/b11-7+. The zero-order valence-electron chi connectivity index (χ0n) is 9.16. The number of rotatable bonds is 5. The Kier molecular flexibility index (Phi) is 5.76. The van der Waals surface area contributed by atoms with Crippen LogP contribution in [0.4, 0.5) is 0 Å². The number of aliphatic imine (C=N–C) groups is 1. The average molecular weight is 199 g/mol. The minimum atomic E-state index is -0.806. The van der Waals surface area contributed by atoms with Crippen molar-refractivity contribution in [3.05, 3.63) is 0 Å². The van der Waals surface area contributed by atoms with Gasteiger partial charge in [0.05, 0.1) is 5.71 Å². The molecule has 0 heterocycles. The number of hydrogen-bond acceptors (Lipinski definition) is 4. The van der Waals surface area contributed by atoms with Gasteiger partial charge in [-0.1, -0.05) is 6.92 Å². The molecule has 0 N–H and O–H groups in total. The Morgan fingerprint density at radius 3 is 2.21 bits per heavy atom. The van der Waals surface area contributed by atoms with Gasteiger partial charge in [0.25, 0.3) is 0 Å². The molecule has 0 aromatic rings. The second-order valence-corrected chi connectivity index (χ2v) is 3.12. The molecular weight excluding hydrogens is 182 g/mol. The van der Waals surface area contributed by atoms with E-state index in [1.165, 1.54) is 13.8 Å². The van der Waals surface area contributed by atoms with Gasteiger partial charge in [-0.25, -0.2) is 0 Å². The first kappa shape index (κ1) is 12.8. The molecule has 0 saturated carbocycles. The van der Waals surface area contributed by atoms with Gasteiger partial charge in [0, 0.05) is 13.5 Å². The molecule has 4 nitrogen and oxygen atoms in total. The molecule has 0 rings (SSSR count). The summed E-state index contributed by atoms with van der Waals surface area (Å²) in [6, 6.07) is 0. The summed E-state index contributed by atoms with van der Waals surface area (Å²) >= 11 is 0. The van der Waals surface area contributed by atoms with Crippen molar-refractivity contribution in [3.8, 4) is 0 Å². The van der Waals surface area contributed by atoms with Crippen molar-refractivity contribution >= 4 is 17.5 Å². The third-order valence-electron chi connectivity index (χ3n) is 1.62. The van der Waals surface area contributed by atoms with Crippen molar-refractivity contribution in [1.29, 1.82) is 0 Å². The van der Waals surface area contributed by atoms with E-state index in [4.69, 9.17) is 4.74 Å². The molecule has 0 aliphatic rings. The molecule has 0 aliphatic carbocycles. The number of ether oxygens (including phenoxy) is 1. The molecule has 14 heavy (non-hydrogen) atoms. The van der Waals surface area contributed by atoms with Crippen LogP contribution in [0.25, 0.3) is 0 Å². The van der Waals surface area contributed by atoms with E-state index < -0.39 is 12.1 Å². The Morgan fingerprint density at radius 1 is 1.29 bits per heavy atom. The summed E-state index contributed by atoms with van der Waals surface area (Å²) in [5, 5.41) is 0. The van der Waals surface area contributed by atoms with Gasteiger partial charge in [0.1, 0.15) is 0 Å². The van der Waals surface area contributed by atoms with Crippen LogP contribution in [0, 0.1) is 0 Å². The summed E-state index contributed by atoms with van der Waals surface area (Å²) in [4.78, 5) is 26.0. The molecule has 1 atom stereocenters. The van der Waals surface area contributed by atoms with E-state index in [1.54, 1.807) is 6.92 Å². The Balaban J connectivity index is 4.48. The lowest BCUT2D eigenvalue weighted by atomic mass is 10.1. The second kappa shape index (κ2) is 6.29. The molecule has 4 heteroatoms. The SMILES string of the molecule is CCC/N=C(\C)C(OC(C)=O)C(C)=O. The summed E-state index contributed by atoms with van der Waals surface area (Å²) in [6.45, 7) is 7.01. The van der Waals surface area contributed by atoms with Crippen molar-refractivity contribution in [2.45, 2.75) is 40.2 Å². The maximum Gasteiger partial charge on any atom is 0.303 e. The maximum atomic E-state index is 11.1. The quantitative estimate of drug-likeness (QED) is 0.496. The van der Waals surface area contributed by atoms with E-state index in [0.717, 1.165) is 6.42 Å². The lowest BCUT2D eigenvalue weighted by molar-refractivity contribution is -0.148. The van der Waals surface area contributed by atoms with E-state index in [1.807, 2.05) is 6.92 Å². The molecule has 0 spiro atoms. The highest BCUT2D eigenvalue weighted by Crippen LogP contribution is 1.99. The van der Waals surface area contributed by atoms with Crippen LogP contribution < -0.4 is 0 Å². The lowest BCUT2D eigenvalue weighted by Gasteiger charge is -2.13. The lowest BCUT2D eigenvalue weighted by Crippen LogP contribution is -2.31. The number of carbonyl (C=O) groups is 2. The minimum Gasteiger partial charge on any atom is -0.448 e. The van der Waals surface area contributed by atoms with Crippen LogP contribution in [0.2, 0.25) is 0 Å². The van der Waals surface area contributed by atoms with E-state index in [9.17, 15) is 9.59 Å². The molecule has 0 bridgehead atoms. The monoisotopic (exact) mass is 199 g/mol. The molecule has 0 aliphatic heterocycles. The first-order chi connectivity index (χ1) is 6.49. The van der Waals surface area contributed by atoms with Gasteiger partial charge in [0.2, 0.25) is 0 Å². The predicted octanol–water partition coefficient (Wildman–Crippen LogP) is 1.38. The number of ketones is 1. The second-order valence-electron chi connectivity index (χ2n) is 3.12. The Morgan fingerprint density at radius 2 is 1.86 bits per heavy atom. The van der Waals surface area contributed by atoms with Crippen molar-refractivity contribution in [2.24, 2.45) is 4.99 Å². The number of Topliss-reactive ketones (excluding diaryl/α,β-unsaturated/α-hetero) is 1. The summed E-state index contributed by atoms with van der Waals surface area (Å²) in [6.07, 6.45) is 0.0984. The molecule has 0 aromatic heterocycles. The van der Waals surface area contributed by atoms with Crippen LogP contribution in [0.3, 0.4) is 0 Å². The molecule has 1 unspecified atom stereocenters. The first-order valence-electron chi connectivity index (χ1n) is 4.67. The van der Waals surface area contributed by atoms with E-state index in [-0.39, 0.29) is 5.78 Å². The van der Waals surface area contributed by atoms with Crippen LogP contribution in [0.5, 0.6) is 0 Å². The predicted molar refractivity (Wildman–Crippen MR) is 54.5 cm³/mol. The maximum absolute atomic E-state index is 11.1. The highest BCUT2D eigenvalue weighted by molar-refractivity contribution is 6.07. The fraction of sp³-hybridized carbons (Fsp3) is 0.700. The minimum absolute atomic E-state index is 0.197. The number of esters is 1. The number of nitrogens with zero attached hydrogens (tertiary/aromatic N) is 1. The van der Waals surface area contributed by atoms with Crippen molar-refractivity contribution in [3.63, 3.8) is 0 Å². The van der Waals surface area contributed by atoms with Gasteiger partial charge < -0.3 is 4.74 Å². The van der Waals surface area contributed by atoms with Crippen LogP contribution in [-0.4, -0.2) is 30.1 Å². The zero-order valence-corrected chi connectivity index (χ0v) is 9.16. The summed E-state index contributed by atoms with van der Waals surface area (Å²) < 4.78 is 4.85. The number of hydrogen-bond donors (Lipinski definition) is 0. The third-order valence-corrected chi connectivity index (χ3v) is 1.62. The fourth-order valence-corrected chi connectivity index (χ4v) is 0.999. The Bertz CT molecular complexity index is 246. The highest BCUT2D eigenvalue weighted by atomic mass is 16.5. The molecule has 0 saturated heterocycles. The van der Waals surface area contributed by atoms with Gasteiger partial charge in [-0.05, 0) is 20.3 Å². The van der Waals surface area contributed by atoms with Crippen LogP contribution in [0.1, 0.15) is 34.1 Å². The topological polar surface area (TPSA) is 55.7 Å². The Labute approximate surface area is 84.4 Å². The van der Waals surface area contributed by atoms with Gasteiger partial charge in [-0.15, -0.1) is 0 Å². The van der Waals surface area contributed by atoms with Crippen molar-refractivity contribution in [1.82, 2.24) is 0 Å². The first-order valence-corrected chi connectivity index (χ1v) is 4.67. The largest absolute Gasteiger partial charge is 0.448 e. The highest BCUT2D eigenvalue weighted by Gasteiger charge is 2.20. The molecule has 0 amide bonds. The van der Waals surface area contributed by atoms with E-state index in [0.29, 0.717) is 12.3 Å². The zero-order chi connectivity index (χ0) is 11.1. The molecule has 0 radical (unpaired) electrons. The Hall–Kier alpha value is -1.19. The normalized spacial score (nSPS) is 13.6. The summed E-state index contributed by atoms with van der Waals surface area (Å²) in [5.74, 6) is -0.659. The van der Waals surface area contributed by atoms with Gasteiger partial charge >= 0.3 is 5.97 Å². The van der Waals surface area contributed by atoms with Gasteiger partial charge in [-0.2, -0.15) is 0 Å². The number of carbonyl (C=O) groups excluding carboxylic acids is 2. The molecular formula is C10H17NO3. The fourth-order valence-electron chi connectivity index (χ4n) is 0.999. The van der Waals surface area contributed by atoms with Crippen LogP contribution in [0.15, 0.2) is 4.99 Å². The van der Waals surface area contributed by atoms with Gasteiger partial charge in [0.15, 0.2) is 11.9 Å². The summed E-state index contributed by atoms with van der Waals surface area (Å²) in [7, 11) is 0.